The van der Waals surface area contributed by atoms with E-state index in [1.54, 1.807) is 13.8 Å². The molecule has 7 heteroatoms. The van der Waals surface area contributed by atoms with E-state index in [0.29, 0.717) is 32.5 Å². The quantitative estimate of drug-likeness (QED) is 0.367. The van der Waals surface area contributed by atoms with Gasteiger partial charge in [0.1, 0.15) is 0 Å². The highest BCUT2D eigenvalue weighted by molar-refractivity contribution is 5.69. The highest BCUT2D eigenvalue weighted by Crippen LogP contribution is 2.02. The van der Waals surface area contributed by atoms with E-state index in [2.05, 4.69) is 0 Å². The smallest absolute Gasteiger partial charge is 0.305 e. The van der Waals surface area contributed by atoms with Crippen LogP contribution in [-0.2, 0) is 19.1 Å². The minimum absolute atomic E-state index is 0.00667. The molecule has 0 aromatic heterocycles. The number of ether oxygens (including phenoxy) is 2. The largest absolute Gasteiger partial charge is 0.481 e. The number of carboxylic acid groups (broad SMARTS) is 1. The maximum absolute atomic E-state index is 11.0. The van der Waals surface area contributed by atoms with Crippen LogP contribution in [0.25, 0.3) is 0 Å². The fourth-order valence-corrected chi connectivity index (χ4v) is 1.30. The predicted molar refractivity (Wildman–Crippen MR) is 86.2 cm³/mol. The summed E-state index contributed by atoms with van der Waals surface area (Å²) in [6.07, 6.45) is 2.88. The van der Waals surface area contributed by atoms with Crippen molar-refractivity contribution in [2.45, 2.75) is 71.5 Å². The molecule has 0 aliphatic carbocycles. The van der Waals surface area contributed by atoms with Crippen LogP contribution >= 0.6 is 0 Å². The van der Waals surface area contributed by atoms with Crippen molar-refractivity contribution in [2.75, 3.05) is 19.8 Å². The summed E-state index contributed by atoms with van der Waals surface area (Å²) < 4.78 is 9.86. The lowest BCUT2D eigenvalue weighted by Gasteiger charge is -2.10. The number of aliphatic hydroxyl groups is 2. The van der Waals surface area contributed by atoms with Crippen molar-refractivity contribution in [1.82, 2.24) is 0 Å². The van der Waals surface area contributed by atoms with Gasteiger partial charge in [-0.2, -0.15) is 0 Å². The van der Waals surface area contributed by atoms with Crippen LogP contribution in [0, 0.1) is 0 Å². The van der Waals surface area contributed by atoms with Gasteiger partial charge >= 0.3 is 11.9 Å². The molecular formula is C16H32O7. The Bertz CT molecular complexity index is 292. The van der Waals surface area contributed by atoms with Crippen molar-refractivity contribution in [2.24, 2.45) is 0 Å². The molecule has 0 heterocycles. The van der Waals surface area contributed by atoms with E-state index in [4.69, 9.17) is 24.8 Å². The molecule has 0 aliphatic heterocycles. The molecule has 0 spiro atoms. The second-order valence-electron chi connectivity index (χ2n) is 5.35. The Hall–Kier alpha value is -1.18. The van der Waals surface area contributed by atoms with Gasteiger partial charge in [-0.25, -0.2) is 0 Å². The van der Waals surface area contributed by atoms with Crippen molar-refractivity contribution in [1.29, 1.82) is 0 Å². The number of rotatable bonds is 12. The first-order valence-corrected chi connectivity index (χ1v) is 8.11. The summed E-state index contributed by atoms with van der Waals surface area (Å²) in [5.74, 6) is -1.03. The SMILES string of the molecule is CC(O)COC(C)CO.CCCCOC(=O)CCCCC(=O)O. The van der Waals surface area contributed by atoms with E-state index in [-0.39, 0.29) is 25.1 Å². The molecule has 23 heavy (non-hydrogen) atoms. The molecule has 7 nitrogen and oxygen atoms in total. The van der Waals surface area contributed by atoms with Crippen LogP contribution in [-0.4, -0.2) is 59.3 Å². The van der Waals surface area contributed by atoms with Crippen LogP contribution in [0.5, 0.6) is 0 Å². The van der Waals surface area contributed by atoms with Gasteiger partial charge in [-0.3, -0.25) is 9.59 Å². The minimum atomic E-state index is -0.815. The molecule has 0 amide bonds. The van der Waals surface area contributed by atoms with Crippen LogP contribution in [0.3, 0.4) is 0 Å². The number of esters is 1. The van der Waals surface area contributed by atoms with E-state index in [0.717, 1.165) is 12.8 Å². The molecule has 2 atom stereocenters. The predicted octanol–water partition coefficient (Wildman–Crippen LogP) is 1.74. The van der Waals surface area contributed by atoms with Crippen molar-refractivity contribution >= 4 is 11.9 Å². The topological polar surface area (TPSA) is 113 Å². The van der Waals surface area contributed by atoms with Crippen molar-refractivity contribution < 1.29 is 34.4 Å². The van der Waals surface area contributed by atoms with E-state index in [9.17, 15) is 9.59 Å². The molecule has 0 radical (unpaired) electrons. The first kappa shape index (κ1) is 24.1. The molecule has 138 valence electrons. The molecule has 0 rings (SSSR count). The number of hydrogen-bond donors (Lipinski definition) is 3. The summed E-state index contributed by atoms with van der Waals surface area (Å²) in [5, 5.41) is 25.5. The van der Waals surface area contributed by atoms with Gasteiger partial charge in [0.2, 0.25) is 0 Å². The van der Waals surface area contributed by atoms with Gasteiger partial charge < -0.3 is 24.8 Å². The molecule has 0 fully saturated rings. The minimum Gasteiger partial charge on any atom is -0.481 e. The summed E-state index contributed by atoms with van der Waals surface area (Å²) in [5.41, 5.74) is 0. The Kier molecular flexibility index (Phi) is 18.0. The van der Waals surface area contributed by atoms with Crippen molar-refractivity contribution in [3.8, 4) is 0 Å². The number of aliphatic hydroxyl groups excluding tert-OH is 2. The lowest BCUT2D eigenvalue weighted by atomic mass is 10.2. The molecule has 0 aromatic carbocycles. The third-order valence-corrected chi connectivity index (χ3v) is 2.66. The van der Waals surface area contributed by atoms with E-state index < -0.39 is 12.1 Å². The highest BCUT2D eigenvalue weighted by atomic mass is 16.5. The number of hydrogen-bond acceptors (Lipinski definition) is 6. The Labute approximate surface area is 138 Å². The molecule has 0 bridgehead atoms. The molecule has 0 saturated carbocycles. The number of carboxylic acids is 1. The average molecular weight is 336 g/mol. The van der Waals surface area contributed by atoms with Crippen molar-refractivity contribution in [3.05, 3.63) is 0 Å². The fourth-order valence-electron chi connectivity index (χ4n) is 1.30. The summed E-state index contributed by atoms with van der Waals surface area (Å²) in [6, 6.07) is 0. The standard InChI is InChI=1S/C10H18O4.C6H14O3/c1-2-3-8-14-10(13)7-5-4-6-9(11)12;1-5(8)4-9-6(2)3-7/h2-8H2,1H3,(H,11,12);5-8H,3-4H2,1-2H3. The van der Waals surface area contributed by atoms with Gasteiger partial charge in [-0.1, -0.05) is 13.3 Å². The second kappa shape index (κ2) is 17.2. The van der Waals surface area contributed by atoms with Crippen LogP contribution in [0.15, 0.2) is 0 Å². The van der Waals surface area contributed by atoms with Crippen LogP contribution < -0.4 is 0 Å². The monoisotopic (exact) mass is 336 g/mol. The highest BCUT2D eigenvalue weighted by Gasteiger charge is 2.03. The third kappa shape index (κ3) is 23.2. The second-order valence-corrected chi connectivity index (χ2v) is 5.35. The molecule has 0 saturated heterocycles. The Morgan fingerprint density at radius 2 is 1.70 bits per heavy atom. The van der Waals surface area contributed by atoms with Crippen molar-refractivity contribution in [3.63, 3.8) is 0 Å². The summed E-state index contributed by atoms with van der Waals surface area (Å²) in [7, 11) is 0. The van der Waals surface area contributed by atoms with Gasteiger partial charge in [0, 0.05) is 12.8 Å². The summed E-state index contributed by atoms with van der Waals surface area (Å²) >= 11 is 0. The van der Waals surface area contributed by atoms with Crippen LogP contribution in [0.2, 0.25) is 0 Å². The van der Waals surface area contributed by atoms with Crippen LogP contribution in [0.4, 0.5) is 0 Å². The van der Waals surface area contributed by atoms with Gasteiger partial charge in [-0.15, -0.1) is 0 Å². The lowest BCUT2D eigenvalue weighted by molar-refractivity contribution is -0.144. The summed E-state index contributed by atoms with van der Waals surface area (Å²) in [6.45, 7) is 6.20. The first-order chi connectivity index (χ1) is 10.8. The fraction of sp³-hybridized carbons (Fsp3) is 0.875. The van der Waals surface area contributed by atoms with Gasteiger partial charge in [0.15, 0.2) is 0 Å². The Morgan fingerprint density at radius 3 is 2.17 bits per heavy atom. The normalized spacial score (nSPS) is 12.7. The molecule has 2 unspecified atom stereocenters. The third-order valence-electron chi connectivity index (χ3n) is 2.66. The molecule has 0 aromatic rings. The molecule has 3 N–H and O–H groups in total. The van der Waals surface area contributed by atoms with Crippen LogP contribution in [0.1, 0.15) is 59.3 Å². The first-order valence-electron chi connectivity index (χ1n) is 8.11. The number of carbonyl (C=O) groups excluding carboxylic acids is 1. The number of aliphatic carboxylic acids is 1. The Morgan fingerprint density at radius 1 is 1.09 bits per heavy atom. The number of unbranched alkanes of at least 4 members (excludes halogenated alkanes) is 2. The lowest BCUT2D eigenvalue weighted by Crippen LogP contribution is -2.19. The van der Waals surface area contributed by atoms with E-state index in [1.165, 1.54) is 0 Å². The maximum atomic E-state index is 11.0. The average Bonchev–Trinajstić information content (AvgIpc) is 2.50. The van der Waals surface area contributed by atoms with Gasteiger partial charge in [-0.05, 0) is 33.1 Å². The molecular weight excluding hydrogens is 304 g/mol. The summed E-state index contributed by atoms with van der Waals surface area (Å²) in [4.78, 5) is 21.1. The maximum Gasteiger partial charge on any atom is 0.305 e. The number of carbonyl (C=O) groups is 2. The zero-order valence-electron chi connectivity index (χ0n) is 14.5. The Balaban J connectivity index is 0. The van der Waals surface area contributed by atoms with E-state index >= 15 is 0 Å². The van der Waals surface area contributed by atoms with Gasteiger partial charge in [0.05, 0.1) is 32.0 Å². The zero-order chi connectivity index (χ0) is 18.1. The zero-order valence-corrected chi connectivity index (χ0v) is 14.5. The van der Waals surface area contributed by atoms with E-state index in [1.807, 2.05) is 6.92 Å². The molecule has 0 aliphatic rings. The van der Waals surface area contributed by atoms with Gasteiger partial charge in [0.25, 0.3) is 0 Å².